The molecule has 2 aromatic rings. The summed E-state index contributed by atoms with van der Waals surface area (Å²) in [5, 5.41) is 40.4. The van der Waals surface area contributed by atoms with Gasteiger partial charge in [-0.15, -0.1) is 0 Å². The summed E-state index contributed by atoms with van der Waals surface area (Å²) in [4.78, 5) is 11.8. The van der Waals surface area contributed by atoms with E-state index in [1.54, 1.807) is 19.1 Å². The number of carbonyl (C=O) groups excluding carboxylic acids is 1. The fourth-order valence-corrected chi connectivity index (χ4v) is 3.37. The molecule has 1 fully saturated rings. The largest absolute Gasteiger partial charge is 0.490 e. The lowest BCUT2D eigenvalue weighted by atomic mass is 9.99. The van der Waals surface area contributed by atoms with Crippen LogP contribution in [0.1, 0.15) is 18.9 Å². The molecule has 1 aromatic heterocycles. The summed E-state index contributed by atoms with van der Waals surface area (Å²) in [6.07, 6.45) is -5.46. The SMILES string of the molecule is CCOC(=O)CCc1cc2ccoc2c(OC)c1OC1OC(CO)C(O)C(O)C1O. The molecule has 166 valence electrons. The van der Waals surface area contributed by atoms with Crippen LogP contribution >= 0.6 is 0 Å². The van der Waals surface area contributed by atoms with Crippen molar-refractivity contribution in [2.75, 3.05) is 20.3 Å². The molecule has 1 aliphatic heterocycles. The third-order valence-corrected chi connectivity index (χ3v) is 4.92. The normalized spacial score (nSPS) is 26.5. The van der Waals surface area contributed by atoms with Crippen LogP contribution < -0.4 is 9.47 Å². The molecule has 0 amide bonds. The molecule has 30 heavy (non-hydrogen) atoms. The zero-order valence-corrected chi connectivity index (χ0v) is 16.7. The molecule has 2 heterocycles. The van der Waals surface area contributed by atoms with Gasteiger partial charge in [0.25, 0.3) is 0 Å². The number of esters is 1. The van der Waals surface area contributed by atoms with E-state index in [1.165, 1.54) is 13.4 Å². The molecule has 1 aliphatic rings. The molecule has 0 aliphatic carbocycles. The van der Waals surface area contributed by atoms with Crippen LogP contribution in [0.15, 0.2) is 22.8 Å². The number of rotatable bonds is 8. The molecule has 10 nitrogen and oxygen atoms in total. The minimum Gasteiger partial charge on any atom is -0.490 e. The second kappa shape index (κ2) is 9.63. The number of carbonyl (C=O) groups is 1. The number of aryl methyl sites for hydroxylation is 1. The number of ether oxygens (including phenoxy) is 4. The van der Waals surface area contributed by atoms with Crippen molar-refractivity contribution in [2.45, 2.75) is 50.5 Å². The lowest BCUT2D eigenvalue weighted by Gasteiger charge is -2.39. The molecule has 10 heteroatoms. The van der Waals surface area contributed by atoms with E-state index in [2.05, 4.69) is 0 Å². The first-order valence-electron chi connectivity index (χ1n) is 9.61. The van der Waals surface area contributed by atoms with Gasteiger partial charge in [-0.3, -0.25) is 4.79 Å². The Kier molecular flexibility index (Phi) is 7.16. The average molecular weight is 426 g/mol. The second-order valence-electron chi connectivity index (χ2n) is 6.86. The number of furan rings is 1. The van der Waals surface area contributed by atoms with Crippen LogP contribution in [0.25, 0.3) is 11.0 Å². The fraction of sp³-hybridized carbons (Fsp3) is 0.550. The molecular weight excluding hydrogens is 400 g/mol. The van der Waals surface area contributed by atoms with Crippen LogP contribution in [-0.2, 0) is 20.7 Å². The molecular formula is C20H26O10. The van der Waals surface area contributed by atoms with Crippen LogP contribution in [0.5, 0.6) is 11.5 Å². The number of hydrogen-bond donors (Lipinski definition) is 4. The number of benzene rings is 1. The van der Waals surface area contributed by atoms with E-state index in [-0.39, 0.29) is 36.9 Å². The summed E-state index contributed by atoms with van der Waals surface area (Å²) in [5.74, 6) is -0.0237. The van der Waals surface area contributed by atoms with Crippen LogP contribution in [0, 0.1) is 0 Å². The van der Waals surface area contributed by atoms with E-state index in [9.17, 15) is 25.2 Å². The van der Waals surface area contributed by atoms with Gasteiger partial charge in [-0.1, -0.05) is 0 Å². The van der Waals surface area contributed by atoms with Crippen LogP contribution in [-0.4, -0.2) is 77.4 Å². The first-order chi connectivity index (χ1) is 14.4. The molecule has 0 radical (unpaired) electrons. The zero-order valence-electron chi connectivity index (χ0n) is 16.7. The van der Waals surface area contributed by atoms with Crippen molar-refractivity contribution in [3.63, 3.8) is 0 Å². The molecule has 4 N–H and O–H groups in total. The maximum absolute atomic E-state index is 11.8. The lowest BCUT2D eigenvalue weighted by Crippen LogP contribution is -2.60. The minimum atomic E-state index is -1.60. The Balaban J connectivity index is 1.95. The number of aliphatic hydroxyl groups is 4. The van der Waals surface area contributed by atoms with Gasteiger partial charge in [-0.05, 0) is 31.0 Å². The highest BCUT2D eigenvalue weighted by Gasteiger charge is 2.45. The molecule has 0 spiro atoms. The van der Waals surface area contributed by atoms with Crippen molar-refractivity contribution in [3.05, 3.63) is 24.0 Å². The standard InChI is InChI=1S/C20H26O10/c1-3-27-13(22)5-4-10-8-11-6-7-28-17(11)19(26-2)18(10)30-20-16(25)15(24)14(23)12(9-21)29-20/h6-8,12,14-16,20-21,23-25H,3-5,9H2,1-2H3. The maximum Gasteiger partial charge on any atom is 0.306 e. The van der Waals surface area contributed by atoms with Crippen molar-refractivity contribution in [3.8, 4) is 11.5 Å². The van der Waals surface area contributed by atoms with Gasteiger partial charge in [-0.25, -0.2) is 0 Å². The highest BCUT2D eigenvalue weighted by molar-refractivity contribution is 5.87. The van der Waals surface area contributed by atoms with Gasteiger partial charge in [0, 0.05) is 11.8 Å². The number of hydrogen-bond acceptors (Lipinski definition) is 10. The zero-order chi connectivity index (χ0) is 21.8. The number of fused-ring (bicyclic) bond motifs is 1. The van der Waals surface area contributed by atoms with E-state index in [0.29, 0.717) is 16.5 Å². The van der Waals surface area contributed by atoms with Crippen molar-refractivity contribution >= 4 is 16.9 Å². The quantitative estimate of drug-likeness (QED) is 0.429. The highest BCUT2D eigenvalue weighted by Crippen LogP contribution is 2.41. The summed E-state index contributed by atoms with van der Waals surface area (Å²) >= 11 is 0. The Morgan fingerprint density at radius 3 is 2.60 bits per heavy atom. The topological polar surface area (TPSA) is 148 Å². The van der Waals surface area contributed by atoms with Gasteiger partial charge in [0.1, 0.15) is 24.4 Å². The third-order valence-electron chi connectivity index (χ3n) is 4.92. The average Bonchev–Trinajstić information content (AvgIpc) is 3.20. The van der Waals surface area contributed by atoms with Crippen molar-refractivity contribution in [2.24, 2.45) is 0 Å². The minimum absolute atomic E-state index is 0.0748. The predicted octanol–water partition coefficient (Wildman–Crippen LogP) is 0.116. The summed E-state index contributed by atoms with van der Waals surface area (Å²) in [6, 6.07) is 3.48. The van der Waals surface area contributed by atoms with Gasteiger partial charge in [0.05, 0.1) is 26.6 Å². The Hall–Kier alpha value is -2.37. The molecule has 5 atom stereocenters. The van der Waals surface area contributed by atoms with Crippen LogP contribution in [0.2, 0.25) is 0 Å². The Morgan fingerprint density at radius 1 is 1.17 bits per heavy atom. The number of methoxy groups -OCH3 is 1. The van der Waals surface area contributed by atoms with E-state index in [0.717, 1.165) is 0 Å². The highest BCUT2D eigenvalue weighted by atomic mass is 16.7. The van der Waals surface area contributed by atoms with E-state index >= 15 is 0 Å². The summed E-state index contributed by atoms with van der Waals surface area (Å²) in [5.41, 5.74) is 0.947. The Bertz CT molecular complexity index is 861. The molecule has 5 unspecified atom stereocenters. The predicted molar refractivity (Wildman–Crippen MR) is 102 cm³/mol. The van der Waals surface area contributed by atoms with Crippen LogP contribution in [0.3, 0.4) is 0 Å². The van der Waals surface area contributed by atoms with Gasteiger partial charge >= 0.3 is 5.97 Å². The van der Waals surface area contributed by atoms with E-state index < -0.39 is 37.3 Å². The molecule has 0 saturated carbocycles. The van der Waals surface area contributed by atoms with E-state index in [1.807, 2.05) is 0 Å². The first-order valence-corrected chi connectivity index (χ1v) is 9.61. The summed E-state index contributed by atoms with van der Waals surface area (Å²) in [6.45, 7) is 1.39. The van der Waals surface area contributed by atoms with Crippen LogP contribution in [0.4, 0.5) is 0 Å². The van der Waals surface area contributed by atoms with Crippen molar-refractivity contribution < 1.29 is 48.6 Å². The van der Waals surface area contributed by atoms with E-state index in [4.69, 9.17) is 23.4 Å². The molecule has 3 rings (SSSR count). The third kappa shape index (κ3) is 4.37. The fourth-order valence-electron chi connectivity index (χ4n) is 3.37. The van der Waals surface area contributed by atoms with Crippen molar-refractivity contribution in [1.82, 2.24) is 0 Å². The molecule has 1 aromatic carbocycles. The Labute approximate surface area is 172 Å². The van der Waals surface area contributed by atoms with Gasteiger partial charge in [0.15, 0.2) is 11.3 Å². The second-order valence-corrected chi connectivity index (χ2v) is 6.86. The molecule has 1 saturated heterocycles. The number of aliphatic hydroxyl groups excluding tert-OH is 4. The van der Waals surface area contributed by atoms with Gasteiger partial charge < -0.3 is 43.8 Å². The van der Waals surface area contributed by atoms with Gasteiger partial charge in [0.2, 0.25) is 12.0 Å². The molecule has 0 bridgehead atoms. The van der Waals surface area contributed by atoms with Crippen molar-refractivity contribution in [1.29, 1.82) is 0 Å². The van der Waals surface area contributed by atoms with Gasteiger partial charge in [-0.2, -0.15) is 0 Å². The summed E-state index contributed by atoms with van der Waals surface area (Å²) in [7, 11) is 1.41. The lowest BCUT2D eigenvalue weighted by molar-refractivity contribution is -0.277. The maximum atomic E-state index is 11.8. The Morgan fingerprint density at radius 2 is 1.93 bits per heavy atom. The smallest absolute Gasteiger partial charge is 0.306 e. The summed E-state index contributed by atoms with van der Waals surface area (Å²) < 4.78 is 27.2. The monoisotopic (exact) mass is 426 g/mol. The first kappa shape index (κ1) is 22.3.